The van der Waals surface area contributed by atoms with E-state index in [1.54, 1.807) is 19.9 Å². The smallest absolute Gasteiger partial charge is 0.349 e. The molecule has 1 aromatic heterocycles. The Morgan fingerprint density at radius 3 is 2.50 bits per heavy atom. The Bertz CT molecular complexity index is 805. The van der Waals surface area contributed by atoms with Gasteiger partial charge in [-0.05, 0) is 57.7 Å². The Kier molecular flexibility index (Phi) is 4.96. The highest BCUT2D eigenvalue weighted by atomic mass is 19.4. The fraction of sp³-hybridized carbons (Fsp3) is 0.556. The summed E-state index contributed by atoms with van der Waals surface area (Å²) < 4.78 is 41.0. The van der Waals surface area contributed by atoms with Gasteiger partial charge in [-0.1, -0.05) is 0 Å². The lowest BCUT2D eigenvalue weighted by Crippen LogP contribution is -2.40. The molecule has 2 aromatic rings. The summed E-state index contributed by atoms with van der Waals surface area (Å²) in [5, 5.41) is 2.94. The number of halogens is 3. The van der Waals surface area contributed by atoms with E-state index in [1.807, 2.05) is 0 Å². The van der Waals surface area contributed by atoms with Crippen molar-refractivity contribution >= 4 is 16.9 Å². The number of carbonyl (C=O) groups is 1. The topological polar surface area (TPSA) is 72.9 Å². The van der Waals surface area contributed by atoms with Crippen LogP contribution in [0.15, 0.2) is 18.2 Å². The molecule has 1 amide bonds. The largest absolute Gasteiger partial charge is 0.449 e. The van der Waals surface area contributed by atoms with Crippen molar-refractivity contribution in [1.29, 1.82) is 0 Å². The molecular formula is C18H23F3N4O. The van der Waals surface area contributed by atoms with Crippen molar-refractivity contribution in [3.63, 3.8) is 0 Å². The summed E-state index contributed by atoms with van der Waals surface area (Å²) in [4.78, 5) is 16.2. The van der Waals surface area contributed by atoms with Crippen molar-refractivity contribution < 1.29 is 18.0 Å². The van der Waals surface area contributed by atoms with E-state index in [1.165, 1.54) is 12.1 Å². The molecule has 0 bridgehead atoms. The van der Waals surface area contributed by atoms with Gasteiger partial charge < -0.3 is 15.6 Å². The van der Waals surface area contributed by atoms with Crippen LogP contribution in [-0.4, -0.2) is 27.5 Å². The first-order valence-electron chi connectivity index (χ1n) is 8.82. The average molecular weight is 368 g/mol. The maximum Gasteiger partial charge on any atom is 0.449 e. The summed E-state index contributed by atoms with van der Waals surface area (Å²) in [5.41, 5.74) is 6.71. The van der Waals surface area contributed by atoms with Crippen LogP contribution in [0.2, 0.25) is 0 Å². The number of nitrogens with one attached hydrogen (secondary N) is 1. The summed E-state index contributed by atoms with van der Waals surface area (Å²) >= 11 is 0. The minimum absolute atomic E-state index is 0.0527. The lowest BCUT2D eigenvalue weighted by atomic mass is 9.91. The van der Waals surface area contributed by atoms with Gasteiger partial charge in [-0.2, -0.15) is 13.2 Å². The van der Waals surface area contributed by atoms with Crippen molar-refractivity contribution in [2.24, 2.45) is 5.73 Å². The van der Waals surface area contributed by atoms with Crippen LogP contribution in [-0.2, 0) is 6.18 Å². The summed E-state index contributed by atoms with van der Waals surface area (Å²) in [6.45, 7) is 3.34. The highest BCUT2D eigenvalue weighted by Gasteiger charge is 2.38. The predicted molar refractivity (Wildman–Crippen MR) is 92.8 cm³/mol. The van der Waals surface area contributed by atoms with Crippen LogP contribution in [0.4, 0.5) is 13.2 Å². The van der Waals surface area contributed by atoms with Crippen LogP contribution in [0, 0.1) is 0 Å². The molecule has 3 N–H and O–H groups in total. The van der Waals surface area contributed by atoms with Crippen LogP contribution in [0.3, 0.4) is 0 Å². The van der Waals surface area contributed by atoms with E-state index < -0.39 is 18.0 Å². The molecule has 1 heterocycles. The Balaban J connectivity index is 1.88. The first-order valence-corrected chi connectivity index (χ1v) is 8.82. The third-order valence-corrected chi connectivity index (χ3v) is 4.83. The summed E-state index contributed by atoms with van der Waals surface area (Å²) in [6, 6.07) is 4.34. The first kappa shape index (κ1) is 18.7. The molecule has 1 saturated carbocycles. The molecule has 1 aliphatic carbocycles. The number of aromatic nitrogens is 2. The molecule has 0 radical (unpaired) electrons. The molecule has 0 aliphatic heterocycles. The number of hydrogen-bond acceptors (Lipinski definition) is 3. The normalized spacial score (nSPS) is 21.3. The monoisotopic (exact) mass is 368 g/mol. The van der Waals surface area contributed by atoms with E-state index >= 15 is 0 Å². The fourth-order valence-corrected chi connectivity index (χ4v) is 3.49. The van der Waals surface area contributed by atoms with Gasteiger partial charge >= 0.3 is 6.18 Å². The molecule has 1 fully saturated rings. The summed E-state index contributed by atoms with van der Waals surface area (Å²) in [6.07, 6.45) is -1.20. The maximum absolute atomic E-state index is 13.3. The Morgan fingerprint density at radius 1 is 1.27 bits per heavy atom. The molecule has 26 heavy (non-hydrogen) atoms. The van der Waals surface area contributed by atoms with Crippen LogP contribution < -0.4 is 11.1 Å². The third-order valence-electron chi connectivity index (χ3n) is 4.83. The molecule has 5 nitrogen and oxygen atoms in total. The number of nitrogens with two attached hydrogens (primary N) is 1. The summed E-state index contributed by atoms with van der Waals surface area (Å²) in [7, 11) is 0. The number of rotatable bonds is 3. The minimum Gasteiger partial charge on any atom is -0.349 e. The van der Waals surface area contributed by atoms with Gasteiger partial charge in [-0.3, -0.25) is 4.79 Å². The third kappa shape index (κ3) is 3.70. The molecule has 0 saturated heterocycles. The van der Waals surface area contributed by atoms with Crippen LogP contribution in [0.5, 0.6) is 0 Å². The molecule has 0 atom stereocenters. The molecule has 0 spiro atoms. The van der Waals surface area contributed by atoms with Gasteiger partial charge in [0.15, 0.2) is 0 Å². The second kappa shape index (κ2) is 6.90. The van der Waals surface area contributed by atoms with Crippen molar-refractivity contribution in [3.8, 4) is 0 Å². The zero-order valence-electron chi connectivity index (χ0n) is 14.8. The minimum atomic E-state index is -4.55. The maximum atomic E-state index is 13.3. The van der Waals surface area contributed by atoms with Crippen molar-refractivity contribution in [1.82, 2.24) is 14.9 Å². The number of hydrogen-bond donors (Lipinski definition) is 2. The second-order valence-electron chi connectivity index (χ2n) is 7.19. The zero-order valence-corrected chi connectivity index (χ0v) is 14.8. The predicted octanol–water partition coefficient (Wildman–Crippen LogP) is 3.64. The Morgan fingerprint density at radius 2 is 1.92 bits per heavy atom. The Labute approximate surface area is 149 Å². The van der Waals surface area contributed by atoms with Gasteiger partial charge in [-0.15, -0.1) is 0 Å². The summed E-state index contributed by atoms with van der Waals surface area (Å²) in [5.74, 6) is -1.23. The van der Waals surface area contributed by atoms with E-state index in [-0.39, 0.29) is 23.5 Å². The standard InChI is InChI=1S/C18H23F3N4O/c1-10(2)25-15-8-3-11(9-14(15)24-17(25)18(19,20)21)16(26)23-13-6-4-12(22)5-7-13/h3,8-10,12-13H,4-7,22H2,1-2H3,(H,23,26). The molecule has 8 heteroatoms. The number of amides is 1. The van der Waals surface area contributed by atoms with Crippen molar-refractivity contribution in [2.45, 2.75) is 63.8 Å². The zero-order chi connectivity index (χ0) is 19.1. The van der Waals surface area contributed by atoms with Crippen LogP contribution >= 0.6 is 0 Å². The molecule has 1 aliphatic rings. The molecule has 1 aromatic carbocycles. The number of imidazole rings is 1. The molecule has 3 rings (SSSR count). The van der Waals surface area contributed by atoms with Crippen LogP contribution in [0.25, 0.3) is 11.0 Å². The van der Waals surface area contributed by atoms with E-state index in [0.717, 1.165) is 30.3 Å². The van der Waals surface area contributed by atoms with E-state index in [2.05, 4.69) is 10.3 Å². The van der Waals surface area contributed by atoms with Gasteiger partial charge in [0.1, 0.15) is 0 Å². The molecular weight excluding hydrogens is 345 g/mol. The number of alkyl halides is 3. The number of fused-ring (bicyclic) bond motifs is 1. The molecule has 0 unspecified atom stereocenters. The highest BCUT2D eigenvalue weighted by Crippen LogP contribution is 2.34. The number of carbonyl (C=O) groups excluding carboxylic acids is 1. The Hall–Kier alpha value is -2.09. The van der Waals surface area contributed by atoms with E-state index in [0.29, 0.717) is 11.1 Å². The average Bonchev–Trinajstić information content (AvgIpc) is 2.96. The van der Waals surface area contributed by atoms with Crippen molar-refractivity contribution in [2.75, 3.05) is 0 Å². The molecule has 142 valence electrons. The van der Waals surface area contributed by atoms with Crippen molar-refractivity contribution in [3.05, 3.63) is 29.6 Å². The number of nitrogens with zero attached hydrogens (tertiary/aromatic N) is 2. The van der Waals surface area contributed by atoms with E-state index in [4.69, 9.17) is 5.73 Å². The lowest BCUT2D eigenvalue weighted by Gasteiger charge is -2.26. The second-order valence-corrected chi connectivity index (χ2v) is 7.19. The van der Waals surface area contributed by atoms with E-state index in [9.17, 15) is 18.0 Å². The van der Waals surface area contributed by atoms with Gasteiger partial charge in [-0.25, -0.2) is 4.98 Å². The van der Waals surface area contributed by atoms with Gasteiger partial charge in [0, 0.05) is 23.7 Å². The van der Waals surface area contributed by atoms with Gasteiger partial charge in [0.25, 0.3) is 5.91 Å². The quantitative estimate of drug-likeness (QED) is 0.869. The fourth-order valence-electron chi connectivity index (χ4n) is 3.49. The van der Waals surface area contributed by atoms with Gasteiger partial charge in [0.05, 0.1) is 11.0 Å². The first-order chi connectivity index (χ1) is 12.2. The highest BCUT2D eigenvalue weighted by molar-refractivity contribution is 5.97. The SMILES string of the molecule is CC(C)n1c(C(F)(F)F)nc2cc(C(=O)NC3CCC(N)CC3)ccc21. The lowest BCUT2D eigenvalue weighted by molar-refractivity contribution is -0.147. The van der Waals surface area contributed by atoms with Gasteiger partial charge in [0.2, 0.25) is 5.82 Å². The van der Waals surface area contributed by atoms with Crippen LogP contribution in [0.1, 0.15) is 61.8 Å². The number of benzene rings is 1.